The van der Waals surface area contributed by atoms with Crippen molar-refractivity contribution in [3.8, 4) is 0 Å². The second-order valence-electron chi connectivity index (χ2n) is 5.08. The van der Waals surface area contributed by atoms with Gasteiger partial charge in [-0.1, -0.05) is 24.1 Å². The summed E-state index contributed by atoms with van der Waals surface area (Å²) in [5.74, 6) is -1.15. The molecule has 1 fully saturated rings. The maximum atomic E-state index is 12.0. The summed E-state index contributed by atoms with van der Waals surface area (Å²) in [6.07, 6.45) is 2.04. The van der Waals surface area contributed by atoms with E-state index in [1.165, 1.54) is 0 Å². The first-order chi connectivity index (χ1) is 8.94. The topological polar surface area (TPSA) is 66.4 Å². The normalized spacial score (nSPS) is 16.5. The Morgan fingerprint density at radius 2 is 2.11 bits per heavy atom. The number of anilines is 1. The maximum absolute atomic E-state index is 12.0. The van der Waals surface area contributed by atoms with Crippen molar-refractivity contribution in [2.45, 2.75) is 32.6 Å². The Hall–Kier alpha value is -1.55. The summed E-state index contributed by atoms with van der Waals surface area (Å²) in [7, 11) is 0. The number of benzene rings is 1. The molecule has 0 aromatic heterocycles. The Bertz CT molecular complexity index is 523. The van der Waals surface area contributed by atoms with Crippen LogP contribution in [0.3, 0.4) is 0 Å². The molecule has 5 heteroatoms. The SMILES string of the molecule is Cc1c(Cl)cccc1NC(=O)CC1(C(=O)O)CCC1. The minimum Gasteiger partial charge on any atom is -0.481 e. The zero-order valence-corrected chi connectivity index (χ0v) is 11.5. The van der Waals surface area contributed by atoms with E-state index in [0.29, 0.717) is 23.6 Å². The first-order valence-corrected chi connectivity index (χ1v) is 6.61. The van der Waals surface area contributed by atoms with E-state index in [0.717, 1.165) is 12.0 Å². The van der Waals surface area contributed by atoms with Gasteiger partial charge < -0.3 is 10.4 Å². The van der Waals surface area contributed by atoms with Gasteiger partial charge in [-0.3, -0.25) is 9.59 Å². The van der Waals surface area contributed by atoms with Gasteiger partial charge in [0.1, 0.15) is 0 Å². The lowest BCUT2D eigenvalue weighted by molar-refractivity contribution is -0.157. The number of aliphatic carboxylic acids is 1. The van der Waals surface area contributed by atoms with Gasteiger partial charge in [0.15, 0.2) is 0 Å². The van der Waals surface area contributed by atoms with Crippen LogP contribution in [0.25, 0.3) is 0 Å². The molecule has 102 valence electrons. The quantitative estimate of drug-likeness (QED) is 0.890. The molecule has 0 atom stereocenters. The number of amides is 1. The summed E-state index contributed by atoms with van der Waals surface area (Å²) in [6.45, 7) is 1.81. The van der Waals surface area contributed by atoms with Crippen LogP contribution in [0.1, 0.15) is 31.2 Å². The summed E-state index contributed by atoms with van der Waals surface area (Å²) < 4.78 is 0. The third-order valence-electron chi connectivity index (χ3n) is 3.81. The molecule has 2 N–H and O–H groups in total. The van der Waals surface area contributed by atoms with Gasteiger partial charge in [-0.05, 0) is 37.5 Å². The van der Waals surface area contributed by atoms with E-state index in [1.54, 1.807) is 18.2 Å². The number of carbonyl (C=O) groups is 2. The van der Waals surface area contributed by atoms with Crippen molar-refractivity contribution in [1.29, 1.82) is 0 Å². The molecule has 0 heterocycles. The highest BCUT2D eigenvalue weighted by Crippen LogP contribution is 2.44. The van der Waals surface area contributed by atoms with Crippen molar-refractivity contribution in [2.24, 2.45) is 5.41 Å². The van der Waals surface area contributed by atoms with Crippen molar-refractivity contribution < 1.29 is 14.7 Å². The van der Waals surface area contributed by atoms with Gasteiger partial charge in [0, 0.05) is 17.1 Å². The average molecular weight is 282 g/mol. The summed E-state index contributed by atoms with van der Waals surface area (Å²) >= 11 is 5.97. The number of nitrogens with one attached hydrogen (secondary N) is 1. The highest BCUT2D eigenvalue weighted by atomic mass is 35.5. The molecule has 1 saturated carbocycles. The number of carbonyl (C=O) groups excluding carboxylic acids is 1. The average Bonchev–Trinajstić information content (AvgIpc) is 2.29. The Labute approximate surface area is 116 Å². The molecule has 1 aliphatic rings. The monoisotopic (exact) mass is 281 g/mol. The third-order valence-corrected chi connectivity index (χ3v) is 4.21. The van der Waals surface area contributed by atoms with Gasteiger partial charge in [-0.15, -0.1) is 0 Å². The van der Waals surface area contributed by atoms with Crippen molar-refractivity contribution in [2.75, 3.05) is 5.32 Å². The number of carboxylic acid groups (broad SMARTS) is 1. The molecular formula is C14H16ClNO3. The molecule has 19 heavy (non-hydrogen) atoms. The fraction of sp³-hybridized carbons (Fsp3) is 0.429. The van der Waals surface area contributed by atoms with Crippen LogP contribution >= 0.6 is 11.6 Å². The van der Waals surface area contributed by atoms with Crippen LogP contribution in [0.2, 0.25) is 5.02 Å². The fourth-order valence-corrected chi connectivity index (χ4v) is 2.49. The molecule has 1 aromatic carbocycles. The Morgan fingerprint density at radius 3 is 2.63 bits per heavy atom. The van der Waals surface area contributed by atoms with Gasteiger partial charge in [0.05, 0.1) is 5.41 Å². The largest absolute Gasteiger partial charge is 0.481 e. The molecule has 2 rings (SSSR count). The van der Waals surface area contributed by atoms with E-state index < -0.39 is 11.4 Å². The highest BCUT2D eigenvalue weighted by molar-refractivity contribution is 6.31. The van der Waals surface area contributed by atoms with E-state index in [1.807, 2.05) is 6.92 Å². The van der Waals surface area contributed by atoms with Gasteiger partial charge in [-0.2, -0.15) is 0 Å². The Balaban J connectivity index is 2.06. The van der Waals surface area contributed by atoms with Crippen LogP contribution in [0.15, 0.2) is 18.2 Å². The molecule has 0 bridgehead atoms. The second kappa shape index (κ2) is 5.21. The molecule has 1 aromatic rings. The van der Waals surface area contributed by atoms with Gasteiger partial charge in [0.2, 0.25) is 5.91 Å². The predicted octanol–water partition coefficient (Wildman–Crippen LogP) is 3.23. The van der Waals surface area contributed by atoms with Crippen LogP contribution < -0.4 is 5.32 Å². The van der Waals surface area contributed by atoms with Crippen LogP contribution in [0.5, 0.6) is 0 Å². The van der Waals surface area contributed by atoms with Crippen LogP contribution in [-0.2, 0) is 9.59 Å². The standard InChI is InChI=1S/C14H16ClNO3/c1-9-10(15)4-2-5-11(9)16-12(17)8-14(13(18)19)6-3-7-14/h2,4-5H,3,6-8H2,1H3,(H,16,17)(H,18,19). The zero-order valence-electron chi connectivity index (χ0n) is 10.7. The number of hydrogen-bond donors (Lipinski definition) is 2. The first kappa shape index (κ1) is 13.9. The molecule has 0 aliphatic heterocycles. The van der Waals surface area contributed by atoms with Crippen molar-refractivity contribution >= 4 is 29.2 Å². The molecule has 1 aliphatic carbocycles. The van der Waals surface area contributed by atoms with E-state index in [4.69, 9.17) is 11.6 Å². The molecule has 0 radical (unpaired) electrons. The fourth-order valence-electron chi connectivity index (χ4n) is 2.31. The molecule has 1 amide bonds. The molecule has 0 unspecified atom stereocenters. The van der Waals surface area contributed by atoms with Crippen molar-refractivity contribution in [3.05, 3.63) is 28.8 Å². The van der Waals surface area contributed by atoms with Crippen molar-refractivity contribution in [3.63, 3.8) is 0 Å². The molecular weight excluding hydrogens is 266 g/mol. The zero-order chi connectivity index (χ0) is 14.0. The lowest BCUT2D eigenvalue weighted by Crippen LogP contribution is -2.41. The van der Waals surface area contributed by atoms with Gasteiger partial charge >= 0.3 is 5.97 Å². The Kier molecular flexibility index (Phi) is 3.80. The highest BCUT2D eigenvalue weighted by Gasteiger charge is 2.45. The lowest BCUT2D eigenvalue weighted by Gasteiger charge is -2.36. The summed E-state index contributed by atoms with van der Waals surface area (Å²) in [6, 6.07) is 5.26. The lowest BCUT2D eigenvalue weighted by atomic mass is 9.66. The summed E-state index contributed by atoms with van der Waals surface area (Å²) in [5, 5.41) is 12.5. The third kappa shape index (κ3) is 2.73. The minimum atomic E-state index is -0.878. The smallest absolute Gasteiger partial charge is 0.310 e. The molecule has 4 nitrogen and oxygen atoms in total. The van der Waals surface area contributed by atoms with Gasteiger partial charge in [-0.25, -0.2) is 0 Å². The first-order valence-electron chi connectivity index (χ1n) is 6.23. The maximum Gasteiger partial charge on any atom is 0.310 e. The number of rotatable bonds is 4. The minimum absolute atomic E-state index is 0.0221. The Morgan fingerprint density at radius 1 is 1.42 bits per heavy atom. The number of hydrogen-bond acceptors (Lipinski definition) is 2. The summed E-state index contributed by atoms with van der Waals surface area (Å²) in [4.78, 5) is 23.2. The number of carboxylic acids is 1. The number of halogens is 1. The van der Waals surface area contributed by atoms with Crippen molar-refractivity contribution in [1.82, 2.24) is 0 Å². The van der Waals surface area contributed by atoms with E-state index in [-0.39, 0.29) is 12.3 Å². The predicted molar refractivity (Wildman–Crippen MR) is 73.4 cm³/mol. The van der Waals surface area contributed by atoms with E-state index in [2.05, 4.69) is 5.32 Å². The van der Waals surface area contributed by atoms with Gasteiger partial charge in [0.25, 0.3) is 0 Å². The van der Waals surface area contributed by atoms with Crippen LogP contribution in [0.4, 0.5) is 5.69 Å². The van der Waals surface area contributed by atoms with Crippen LogP contribution in [-0.4, -0.2) is 17.0 Å². The molecule has 0 spiro atoms. The van der Waals surface area contributed by atoms with Crippen LogP contribution in [0, 0.1) is 12.3 Å². The van der Waals surface area contributed by atoms with E-state index in [9.17, 15) is 14.7 Å². The molecule has 0 saturated heterocycles. The summed E-state index contributed by atoms with van der Waals surface area (Å²) in [5.41, 5.74) is 0.559. The second-order valence-corrected chi connectivity index (χ2v) is 5.48. The van der Waals surface area contributed by atoms with E-state index >= 15 is 0 Å².